The van der Waals surface area contributed by atoms with Crippen LogP contribution in [-0.4, -0.2) is 72.5 Å². The Balaban J connectivity index is 1.16. The van der Waals surface area contributed by atoms with Crippen LogP contribution in [0.2, 0.25) is 5.15 Å². The van der Waals surface area contributed by atoms with Gasteiger partial charge < -0.3 is 15.0 Å². The van der Waals surface area contributed by atoms with Gasteiger partial charge in [-0.05, 0) is 70.2 Å². The zero-order valence-corrected chi connectivity index (χ0v) is 27.4. The minimum atomic E-state index is -4.34. The molecule has 1 amide bonds. The van der Waals surface area contributed by atoms with Crippen LogP contribution in [-0.2, 0) is 10.0 Å². The lowest BCUT2D eigenvalue weighted by atomic mass is 9.94. The number of nitrogens with one attached hydrogen (secondary N) is 1. The summed E-state index contributed by atoms with van der Waals surface area (Å²) in [6.07, 6.45) is 0.429. The Labute approximate surface area is 270 Å². The molecule has 3 aromatic heterocycles. The van der Waals surface area contributed by atoms with E-state index in [4.69, 9.17) is 16.3 Å². The van der Waals surface area contributed by atoms with Gasteiger partial charge in [-0.15, -0.1) is 5.10 Å². The number of pyridine rings is 2. The number of anilines is 1. The van der Waals surface area contributed by atoms with Crippen molar-refractivity contribution in [2.75, 3.05) is 31.6 Å². The van der Waals surface area contributed by atoms with Gasteiger partial charge in [-0.1, -0.05) is 17.7 Å². The van der Waals surface area contributed by atoms with Crippen LogP contribution in [0.1, 0.15) is 62.7 Å². The van der Waals surface area contributed by atoms with Crippen molar-refractivity contribution in [2.45, 2.75) is 69.1 Å². The van der Waals surface area contributed by atoms with E-state index in [0.717, 1.165) is 19.4 Å². The molecule has 2 aliphatic rings. The number of nitrogens with zero attached hydrogens (tertiary/aromatic N) is 5. The molecule has 1 aliphatic carbocycles. The minimum absolute atomic E-state index is 0.0939. The highest BCUT2D eigenvalue weighted by molar-refractivity contribution is 7.90. The summed E-state index contributed by atoms with van der Waals surface area (Å²) in [5.41, 5.74) is -1.59. The van der Waals surface area contributed by atoms with Crippen molar-refractivity contribution in [2.24, 2.45) is 11.3 Å². The smallest absolute Gasteiger partial charge is 0.394 e. The van der Waals surface area contributed by atoms with E-state index in [2.05, 4.69) is 34.2 Å². The highest BCUT2D eigenvalue weighted by Crippen LogP contribution is 2.59. The Morgan fingerprint density at radius 2 is 1.96 bits per heavy atom. The van der Waals surface area contributed by atoms with Crippen molar-refractivity contribution in [3.05, 3.63) is 53.3 Å². The quantitative estimate of drug-likeness (QED) is 0.257. The molecule has 1 saturated carbocycles. The first-order valence-electron chi connectivity index (χ1n) is 15.1. The van der Waals surface area contributed by atoms with Crippen LogP contribution in [0.4, 0.5) is 19.0 Å². The number of sulfonamides is 1. The van der Waals surface area contributed by atoms with Crippen molar-refractivity contribution >= 4 is 33.3 Å². The molecular formula is C30H38ClF3N7O4S+. The van der Waals surface area contributed by atoms with Crippen LogP contribution in [0.5, 0.6) is 5.88 Å². The molecule has 16 heteroatoms. The summed E-state index contributed by atoms with van der Waals surface area (Å²) in [6.45, 7) is 6.17. The molecule has 1 unspecified atom stereocenters. The number of alkyl halides is 3. The third kappa shape index (κ3) is 7.92. The molecular weight excluding hydrogens is 647 g/mol. The second-order valence-electron chi connectivity index (χ2n) is 12.8. The SMILES string of the molecule is CN(CCCC1C[NH2+]C(C)(C)C1)c1cccc(S(=O)(=O)NC(=O)c2ccc(-n3ccc(OCCC4(C(F)(F)F)CC4)n3)nc2Cl)n1. The fourth-order valence-electron chi connectivity index (χ4n) is 5.75. The third-order valence-electron chi connectivity index (χ3n) is 8.69. The number of rotatable bonds is 13. The van der Waals surface area contributed by atoms with Crippen molar-refractivity contribution in [3.63, 3.8) is 0 Å². The predicted molar refractivity (Wildman–Crippen MR) is 165 cm³/mol. The van der Waals surface area contributed by atoms with Crippen molar-refractivity contribution in [1.29, 1.82) is 0 Å². The highest BCUT2D eigenvalue weighted by atomic mass is 35.5. The Morgan fingerprint density at radius 1 is 1.20 bits per heavy atom. The van der Waals surface area contributed by atoms with Crippen LogP contribution in [0, 0.1) is 11.3 Å². The molecule has 11 nitrogen and oxygen atoms in total. The summed E-state index contributed by atoms with van der Waals surface area (Å²) in [6, 6.07) is 8.73. The lowest BCUT2D eigenvalue weighted by Gasteiger charge is -2.19. The van der Waals surface area contributed by atoms with Gasteiger partial charge in [0, 0.05) is 38.2 Å². The standard InChI is InChI=1S/C30H37ClF3N7O4S/c1-28(2)18-20(19-35-28)6-5-15-40(3)22-7-4-8-25(36-22)46(43,44)39-27(42)21-9-10-23(37-26(21)31)41-16-11-24(38-41)45-17-14-29(12-13-29)30(32,33)34/h4,7-11,16,20,35H,5-6,12-15,17-19H2,1-3H3,(H,39,42)/p+1. The summed E-state index contributed by atoms with van der Waals surface area (Å²) in [7, 11) is -2.49. The minimum Gasteiger partial charge on any atom is -0.477 e. The maximum atomic E-state index is 13.1. The van der Waals surface area contributed by atoms with Crippen LogP contribution >= 0.6 is 11.6 Å². The molecule has 4 heterocycles. The van der Waals surface area contributed by atoms with E-state index in [1.165, 1.54) is 41.6 Å². The number of amides is 1. The second-order valence-corrected chi connectivity index (χ2v) is 14.8. The normalized spacial score (nSPS) is 18.7. The van der Waals surface area contributed by atoms with Gasteiger partial charge in [-0.2, -0.15) is 21.6 Å². The average molecular weight is 685 g/mol. The number of carbonyl (C=O) groups is 1. The number of nitrogens with two attached hydrogens (primary N) is 1. The van der Waals surface area contributed by atoms with Crippen LogP contribution in [0.3, 0.4) is 0 Å². The first-order valence-corrected chi connectivity index (χ1v) is 17.0. The third-order valence-corrected chi connectivity index (χ3v) is 10.2. The molecule has 5 rings (SSSR count). The first kappa shape index (κ1) is 33.9. The second kappa shape index (κ2) is 13.0. The average Bonchev–Trinajstić information content (AvgIpc) is 3.51. The van der Waals surface area contributed by atoms with Crippen LogP contribution < -0.4 is 19.7 Å². The zero-order valence-electron chi connectivity index (χ0n) is 25.8. The highest BCUT2D eigenvalue weighted by Gasteiger charge is 2.62. The predicted octanol–water partition coefficient (Wildman–Crippen LogP) is 4.12. The lowest BCUT2D eigenvalue weighted by Crippen LogP contribution is -2.91. The number of carbonyl (C=O) groups excluding carboxylic acids is 1. The Hall–Kier alpha value is -3.43. The molecule has 0 aromatic carbocycles. The van der Waals surface area contributed by atoms with Gasteiger partial charge in [-0.3, -0.25) is 4.79 Å². The molecule has 2 fully saturated rings. The summed E-state index contributed by atoms with van der Waals surface area (Å²) < 4.78 is 74.2. The van der Waals surface area contributed by atoms with Gasteiger partial charge in [0.05, 0.1) is 29.7 Å². The van der Waals surface area contributed by atoms with Gasteiger partial charge in [0.2, 0.25) is 5.88 Å². The summed E-state index contributed by atoms with van der Waals surface area (Å²) in [5.74, 6) is 0.400. The zero-order chi connectivity index (χ0) is 33.3. The fourth-order valence-corrected chi connectivity index (χ4v) is 6.92. The first-order chi connectivity index (χ1) is 21.6. The number of hydrogen-bond donors (Lipinski definition) is 2. The van der Waals surface area contributed by atoms with Gasteiger partial charge >= 0.3 is 6.18 Å². The largest absolute Gasteiger partial charge is 0.477 e. The lowest BCUT2D eigenvalue weighted by molar-refractivity contribution is -0.702. The number of aromatic nitrogens is 4. The van der Waals surface area contributed by atoms with E-state index in [0.29, 0.717) is 18.3 Å². The molecule has 0 radical (unpaired) electrons. The molecule has 1 saturated heterocycles. The summed E-state index contributed by atoms with van der Waals surface area (Å²) in [5, 5.41) is 5.93. The molecule has 1 atom stereocenters. The van der Waals surface area contributed by atoms with E-state index in [9.17, 15) is 26.4 Å². The Morgan fingerprint density at radius 3 is 2.61 bits per heavy atom. The molecule has 0 spiro atoms. The van der Waals surface area contributed by atoms with Gasteiger partial charge in [-0.25, -0.2) is 19.4 Å². The van der Waals surface area contributed by atoms with Gasteiger partial charge in [0.25, 0.3) is 15.9 Å². The van der Waals surface area contributed by atoms with Crippen LogP contribution in [0.25, 0.3) is 5.82 Å². The van der Waals surface area contributed by atoms with Gasteiger partial charge in [0.1, 0.15) is 11.0 Å². The fraction of sp³-hybridized carbons (Fsp3) is 0.533. The van der Waals surface area contributed by atoms with Crippen molar-refractivity contribution < 1.29 is 36.4 Å². The Kier molecular flexibility index (Phi) is 9.58. The van der Waals surface area contributed by atoms with Crippen molar-refractivity contribution in [3.8, 4) is 11.7 Å². The summed E-state index contributed by atoms with van der Waals surface area (Å²) >= 11 is 6.25. The van der Waals surface area contributed by atoms with E-state index in [-0.39, 0.29) is 58.8 Å². The number of quaternary nitrogens is 1. The summed E-state index contributed by atoms with van der Waals surface area (Å²) in [4.78, 5) is 23.2. The molecule has 1 aliphatic heterocycles. The van der Waals surface area contributed by atoms with E-state index in [1.54, 1.807) is 12.1 Å². The van der Waals surface area contributed by atoms with Gasteiger partial charge in [0.15, 0.2) is 10.8 Å². The number of hydrogen-bond acceptors (Lipinski definition) is 8. The molecule has 46 heavy (non-hydrogen) atoms. The molecule has 250 valence electrons. The number of ether oxygens (including phenoxy) is 1. The molecule has 3 aromatic rings. The Bertz CT molecular complexity index is 1680. The van der Waals surface area contributed by atoms with E-state index >= 15 is 0 Å². The van der Waals surface area contributed by atoms with Crippen molar-refractivity contribution in [1.82, 2.24) is 24.5 Å². The van der Waals surface area contributed by atoms with Crippen LogP contribution in [0.15, 0.2) is 47.6 Å². The number of halogens is 4. The van der Waals surface area contributed by atoms with E-state index in [1.807, 2.05) is 16.7 Å². The monoisotopic (exact) mass is 684 g/mol. The maximum absolute atomic E-state index is 13.1. The topological polar surface area (TPSA) is 136 Å². The molecule has 3 N–H and O–H groups in total. The molecule has 0 bridgehead atoms. The van der Waals surface area contributed by atoms with E-state index < -0.39 is 27.5 Å². The maximum Gasteiger partial charge on any atom is 0.394 e.